The highest BCUT2D eigenvalue weighted by atomic mass is 16.3. The molecule has 3 N–H and O–H groups in total. The van der Waals surface area contributed by atoms with E-state index in [1.54, 1.807) is 16.8 Å². The summed E-state index contributed by atoms with van der Waals surface area (Å²) in [6.45, 7) is 3.30. The Balaban J connectivity index is 1.82. The number of aromatic nitrogens is 1. The molecule has 1 aromatic rings. The molecule has 1 aliphatic heterocycles. The first kappa shape index (κ1) is 12.1. The van der Waals surface area contributed by atoms with Crippen LogP contribution in [0.3, 0.4) is 0 Å². The van der Waals surface area contributed by atoms with Gasteiger partial charge in [-0.3, -0.25) is 4.79 Å². The zero-order valence-electron chi connectivity index (χ0n) is 9.88. The summed E-state index contributed by atoms with van der Waals surface area (Å²) in [6.07, 6.45) is 3.26. The minimum absolute atomic E-state index is 0.0133. The summed E-state index contributed by atoms with van der Waals surface area (Å²) in [5.41, 5.74) is 6.24. The Morgan fingerprint density at radius 3 is 2.94 bits per heavy atom. The van der Waals surface area contributed by atoms with Gasteiger partial charge in [0.1, 0.15) is 0 Å². The maximum absolute atomic E-state index is 11.5. The van der Waals surface area contributed by atoms with Gasteiger partial charge >= 0.3 is 0 Å². The van der Waals surface area contributed by atoms with Crippen molar-refractivity contribution in [3.05, 3.63) is 28.7 Å². The Kier molecular flexibility index (Phi) is 3.81. The van der Waals surface area contributed by atoms with Crippen LogP contribution in [0.2, 0.25) is 0 Å². The average molecular weight is 237 g/mol. The van der Waals surface area contributed by atoms with E-state index in [1.807, 2.05) is 0 Å². The first-order valence-corrected chi connectivity index (χ1v) is 6.01. The van der Waals surface area contributed by atoms with Crippen LogP contribution in [0.15, 0.2) is 23.1 Å². The van der Waals surface area contributed by atoms with Crippen LogP contribution < -0.4 is 11.3 Å². The molecule has 1 aliphatic rings. The number of nitrogens with two attached hydrogens (primary N) is 1. The van der Waals surface area contributed by atoms with Gasteiger partial charge in [-0.15, -0.1) is 0 Å². The van der Waals surface area contributed by atoms with Crippen molar-refractivity contribution in [2.45, 2.75) is 25.5 Å². The predicted molar refractivity (Wildman–Crippen MR) is 66.8 cm³/mol. The van der Waals surface area contributed by atoms with E-state index in [1.165, 1.54) is 6.07 Å². The molecule has 0 bridgehead atoms. The number of aryl methyl sites for hydroxylation is 1. The van der Waals surface area contributed by atoms with E-state index in [9.17, 15) is 9.90 Å². The van der Waals surface area contributed by atoms with E-state index in [4.69, 9.17) is 5.73 Å². The number of anilines is 1. The number of hydrogen-bond acceptors (Lipinski definition) is 4. The van der Waals surface area contributed by atoms with Crippen LogP contribution in [0, 0.1) is 0 Å². The van der Waals surface area contributed by atoms with Crippen molar-refractivity contribution in [1.82, 2.24) is 9.47 Å². The molecule has 0 spiro atoms. The van der Waals surface area contributed by atoms with Crippen molar-refractivity contribution < 1.29 is 5.11 Å². The van der Waals surface area contributed by atoms with Crippen LogP contribution >= 0.6 is 0 Å². The van der Waals surface area contributed by atoms with Gasteiger partial charge in [-0.1, -0.05) is 0 Å². The monoisotopic (exact) mass is 237 g/mol. The Bertz CT molecular complexity index is 430. The number of nitrogens with zero attached hydrogens (tertiary/aromatic N) is 2. The largest absolute Gasteiger partial charge is 0.398 e. The smallest absolute Gasteiger partial charge is 0.250 e. The number of aliphatic hydroxyl groups excluding tert-OH is 1. The van der Waals surface area contributed by atoms with Gasteiger partial charge in [0.2, 0.25) is 0 Å². The second-order valence-electron chi connectivity index (χ2n) is 4.59. The number of hydrogen-bond donors (Lipinski definition) is 2. The lowest BCUT2D eigenvalue weighted by Gasteiger charge is -2.15. The topological polar surface area (TPSA) is 71.5 Å². The van der Waals surface area contributed by atoms with Crippen molar-refractivity contribution in [3.63, 3.8) is 0 Å². The standard InChI is InChI=1S/C12H19N3O2/c13-10-2-3-12(17)15(8-10)6-1-5-14-7-4-11(16)9-14/h2-3,8,11,16H,1,4-7,9,13H2. The molecule has 0 aliphatic carbocycles. The second-order valence-corrected chi connectivity index (χ2v) is 4.59. The minimum atomic E-state index is -0.176. The molecule has 0 amide bonds. The highest BCUT2D eigenvalue weighted by Gasteiger charge is 2.19. The molecule has 94 valence electrons. The fourth-order valence-corrected chi connectivity index (χ4v) is 2.20. The van der Waals surface area contributed by atoms with E-state index in [0.29, 0.717) is 12.2 Å². The molecular formula is C12H19N3O2. The fraction of sp³-hybridized carbons (Fsp3) is 0.583. The van der Waals surface area contributed by atoms with Crippen molar-refractivity contribution in [3.8, 4) is 0 Å². The fourth-order valence-electron chi connectivity index (χ4n) is 2.20. The van der Waals surface area contributed by atoms with Crippen LogP contribution in [0.1, 0.15) is 12.8 Å². The molecule has 2 rings (SSSR count). The van der Waals surface area contributed by atoms with Crippen molar-refractivity contribution in [1.29, 1.82) is 0 Å². The number of pyridine rings is 1. The zero-order valence-corrected chi connectivity index (χ0v) is 9.88. The quantitative estimate of drug-likeness (QED) is 0.766. The predicted octanol–water partition coefficient (Wildman–Crippen LogP) is -0.113. The molecule has 5 heteroatoms. The molecule has 17 heavy (non-hydrogen) atoms. The summed E-state index contributed by atoms with van der Waals surface area (Å²) < 4.78 is 1.64. The van der Waals surface area contributed by atoms with Gasteiger partial charge < -0.3 is 20.3 Å². The third-order valence-electron chi connectivity index (χ3n) is 3.13. The molecule has 0 radical (unpaired) electrons. The average Bonchev–Trinajstić information content (AvgIpc) is 2.69. The van der Waals surface area contributed by atoms with E-state index in [-0.39, 0.29) is 11.7 Å². The van der Waals surface area contributed by atoms with Gasteiger partial charge in [-0.2, -0.15) is 0 Å². The van der Waals surface area contributed by atoms with Gasteiger partial charge in [0, 0.05) is 37.6 Å². The SMILES string of the molecule is Nc1ccc(=O)n(CCCN2CCC(O)C2)c1. The molecule has 0 saturated carbocycles. The van der Waals surface area contributed by atoms with Gasteiger partial charge in [-0.05, 0) is 25.5 Å². The Morgan fingerprint density at radius 1 is 1.41 bits per heavy atom. The summed E-state index contributed by atoms with van der Waals surface area (Å²) in [7, 11) is 0. The normalized spacial score (nSPS) is 20.9. The van der Waals surface area contributed by atoms with Gasteiger partial charge in [0.15, 0.2) is 0 Å². The molecule has 2 heterocycles. The second kappa shape index (κ2) is 5.33. The summed E-state index contributed by atoms with van der Waals surface area (Å²) in [4.78, 5) is 13.7. The van der Waals surface area contributed by atoms with E-state index in [2.05, 4.69) is 4.90 Å². The van der Waals surface area contributed by atoms with E-state index < -0.39 is 0 Å². The van der Waals surface area contributed by atoms with Crippen molar-refractivity contribution in [2.75, 3.05) is 25.4 Å². The number of β-amino-alcohol motifs (C(OH)–C–C–N with tert-alkyl or cyclic N) is 1. The van der Waals surface area contributed by atoms with Crippen LogP contribution in [0.4, 0.5) is 5.69 Å². The Morgan fingerprint density at radius 2 is 2.24 bits per heavy atom. The molecule has 1 unspecified atom stereocenters. The Hall–Kier alpha value is -1.33. The van der Waals surface area contributed by atoms with Crippen LogP contribution in [0.25, 0.3) is 0 Å². The molecule has 1 aromatic heterocycles. The summed E-state index contributed by atoms with van der Waals surface area (Å²) in [5.74, 6) is 0. The highest BCUT2D eigenvalue weighted by molar-refractivity contribution is 5.33. The molecule has 1 fully saturated rings. The number of nitrogen functional groups attached to an aromatic ring is 1. The number of likely N-dealkylation sites (tertiary alicyclic amines) is 1. The first-order chi connectivity index (χ1) is 8.15. The van der Waals surface area contributed by atoms with Crippen LogP contribution in [-0.2, 0) is 6.54 Å². The molecule has 0 aromatic carbocycles. The first-order valence-electron chi connectivity index (χ1n) is 6.01. The van der Waals surface area contributed by atoms with Gasteiger partial charge in [0.05, 0.1) is 6.10 Å². The van der Waals surface area contributed by atoms with Crippen molar-refractivity contribution in [2.24, 2.45) is 0 Å². The number of rotatable bonds is 4. The van der Waals surface area contributed by atoms with Gasteiger partial charge in [0.25, 0.3) is 5.56 Å². The lowest BCUT2D eigenvalue weighted by molar-refractivity contribution is 0.175. The highest BCUT2D eigenvalue weighted by Crippen LogP contribution is 2.09. The molecule has 1 atom stereocenters. The van der Waals surface area contributed by atoms with E-state index in [0.717, 1.165) is 32.5 Å². The number of aliphatic hydroxyl groups is 1. The lowest BCUT2D eigenvalue weighted by Crippen LogP contribution is -2.26. The molecular weight excluding hydrogens is 218 g/mol. The minimum Gasteiger partial charge on any atom is -0.398 e. The lowest BCUT2D eigenvalue weighted by atomic mass is 10.3. The van der Waals surface area contributed by atoms with E-state index >= 15 is 0 Å². The van der Waals surface area contributed by atoms with Crippen LogP contribution in [0.5, 0.6) is 0 Å². The van der Waals surface area contributed by atoms with Crippen molar-refractivity contribution >= 4 is 5.69 Å². The third kappa shape index (κ3) is 3.31. The third-order valence-corrected chi connectivity index (χ3v) is 3.13. The molecule has 1 saturated heterocycles. The maximum atomic E-state index is 11.5. The summed E-state index contributed by atoms with van der Waals surface area (Å²) in [6, 6.07) is 3.12. The Labute approximate surface area is 100 Å². The summed E-state index contributed by atoms with van der Waals surface area (Å²) in [5, 5.41) is 9.38. The zero-order chi connectivity index (χ0) is 12.3. The van der Waals surface area contributed by atoms with Crippen LogP contribution in [-0.4, -0.2) is 40.3 Å². The summed E-state index contributed by atoms with van der Waals surface area (Å²) >= 11 is 0. The molecule has 5 nitrogen and oxygen atoms in total. The van der Waals surface area contributed by atoms with Gasteiger partial charge in [-0.25, -0.2) is 0 Å². The maximum Gasteiger partial charge on any atom is 0.250 e.